The summed E-state index contributed by atoms with van der Waals surface area (Å²) in [6.45, 7) is 9.24. The van der Waals surface area contributed by atoms with Crippen molar-refractivity contribution in [2.24, 2.45) is 0 Å². The number of anilines is 1. The number of hydrogen-bond donors (Lipinski definition) is 0. The number of rotatable bonds is 5. The van der Waals surface area contributed by atoms with E-state index in [1.54, 1.807) is 39.5 Å². The van der Waals surface area contributed by atoms with E-state index in [-0.39, 0.29) is 28.7 Å². The Kier molecular flexibility index (Phi) is 6.50. The Hall–Kier alpha value is -2.74. The number of halogens is 2. The maximum absolute atomic E-state index is 14.4. The Bertz CT molecular complexity index is 1010. The average Bonchev–Trinajstić information content (AvgIpc) is 2.61. The SMILES string of the molecule is CC(C)OC(=O)C1CCN1c1nnc(-c2cc(Cl)ccc2F)cc1C(=O)OC(C)(C)C. The van der Waals surface area contributed by atoms with E-state index in [0.717, 1.165) is 0 Å². The van der Waals surface area contributed by atoms with Gasteiger partial charge in [-0.25, -0.2) is 14.0 Å². The molecule has 166 valence electrons. The number of esters is 2. The van der Waals surface area contributed by atoms with Crippen LogP contribution < -0.4 is 4.90 Å². The summed E-state index contributed by atoms with van der Waals surface area (Å²) in [6, 6.07) is 4.88. The van der Waals surface area contributed by atoms with Crippen molar-refractivity contribution in [3.8, 4) is 11.3 Å². The van der Waals surface area contributed by atoms with Crippen LogP contribution in [0.2, 0.25) is 5.02 Å². The van der Waals surface area contributed by atoms with Crippen molar-refractivity contribution >= 4 is 29.4 Å². The summed E-state index contributed by atoms with van der Waals surface area (Å²) in [4.78, 5) is 27.0. The molecule has 3 rings (SSSR count). The van der Waals surface area contributed by atoms with Gasteiger partial charge in [0.25, 0.3) is 0 Å². The maximum atomic E-state index is 14.4. The molecule has 0 N–H and O–H groups in total. The largest absolute Gasteiger partial charge is 0.461 e. The van der Waals surface area contributed by atoms with Crippen LogP contribution in [-0.2, 0) is 14.3 Å². The van der Waals surface area contributed by atoms with Crippen LogP contribution >= 0.6 is 11.6 Å². The Labute approximate surface area is 185 Å². The topological polar surface area (TPSA) is 81.6 Å². The lowest BCUT2D eigenvalue weighted by Crippen LogP contribution is -2.54. The zero-order valence-electron chi connectivity index (χ0n) is 18.1. The van der Waals surface area contributed by atoms with Crippen LogP contribution in [0, 0.1) is 5.82 Å². The van der Waals surface area contributed by atoms with Crippen LogP contribution in [-0.4, -0.2) is 46.4 Å². The lowest BCUT2D eigenvalue weighted by molar-refractivity contribution is -0.150. The van der Waals surface area contributed by atoms with Crippen molar-refractivity contribution in [3.05, 3.63) is 40.7 Å². The van der Waals surface area contributed by atoms with Gasteiger partial charge in [-0.2, -0.15) is 0 Å². The lowest BCUT2D eigenvalue weighted by atomic mass is 10.0. The minimum absolute atomic E-state index is 0.0846. The van der Waals surface area contributed by atoms with Gasteiger partial charge in [-0.05, 0) is 65.3 Å². The van der Waals surface area contributed by atoms with E-state index < -0.39 is 29.4 Å². The average molecular weight is 450 g/mol. The van der Waals surface area contributed by atoms with Crippen LogP contribution in [0.3, 0.4) is 0 Å². The number of carbonyl (C=O) groups excluding carboxylic acids is 2. The second kappa shape index (κ2) is 8.78. The van der Waals surface area contributed by atoms with Gasteiger partial charge in [0, 0.05) is 17.1 Å². The molecule has 0 bridgehead atoms. The molecule has 31 heavy (non-hydrogen) atoms. The second-order valence-electron chi connectivity index (χ2n) is 8.58. The molecule has 0 saturated carbocycles. The summed E-state index contributed by atoms with van der Waals surface area (Å²) in [5.41, 5.74) is -0.437. The number of nitrogens with zero attached hydrogens (tertiary/aromatic N) is 3. The molecular formula is C22H25ClFN3O4. The molecule has 1 unspecified atom stereocenters. The Morgan fingerprint density at radius 2 is 1.94 bits per heavy atom. The van der Waals surface area contributed by atoms with Crippen molar-refractivity contribution < 1.29 is 23.5 Å². The van der Waals surface area contributed by atoms with Crippen LogP contribution in [0.1, 0.15) is 51.4 Å². The van der Waals surface area contributed by atoms with E-state index in [2.05, 4.69) is 10.2 Å². The molecule has 1 aromatic carbocycles. The van der Waals surface area contributed by atoms with E-state index in [4.69, 9.17) is 21.1 Å². The third kappa shape index (κ3) is 5.31. The number of aromatic nitrogens is 2. The summed E-state index contributed by atoms with van der Waals surface area (Å²) >= 11 is 6.00. The van der Waals surface area contributed by atoms with E-state index in [9.17, 15) is 14.0 Å². The van der Waals surface area contributed by atoms with E-state index in [1.807, 2.05) is 0 Å². The minimum atomic E-state index is -0.760. The van der Waals surface area contributed by atoms with Crippen molar-refractivity contribution in [3.63, 3.8) is 0 Å². The molecule has 0 spiro atoms. The standard InChI is InChI=1S/C22H25ClFN3O4/c1-12(2)30-21(29)18-8-9-27(18)19-15(20(28)31-22(3,4)5)11-17(25-26-19)14-10-13(23)6-7-16(14)24/h6-7,10-12,18H,8-9H2,1-5H3. The highest BCUT2D eigenvalue weighted by atomic mass is 35.5. The van der Waals surface area contributed by atoms with Gasteiger partial charge in [-0.3, -0.25) is 0 Å². The normalized spacial score (nSPS) is 16.1. The number of carbonyl (C=O) groups is 2. The number of hydrogen-bond acceptors (Lipinski definition) is 7. The first-order valence-electron chi connectivity index (χ1n) is 10.00. The third-order valence-corrected chi connectivity index (χ3v) is 4.75. The molecule has 1 aliphatic rings. The first-order chi connectivity index (χ1) is 14.5. The highest BCUT2D eigenvalue weighted by molar-refractivity contribution is 6.30. The van der Waals surface area contributed by atoms with Crippen molar-refractivity contribution in [2.45, 2.75) is 58.8 Å². The smallest absolute Gasteiger partial charge is 0.342 e. The number of benzene rings is 1. The van der Waals surface area contributed by atoms with Crippen molar-refractivity contribution in [1.29, 1.82) is 0 Å². The Balaban J connectivity index is 2.03. The van der Waals surface area contributed by atoms with E-state index in [0.29, 0.717) is 18.0 Å². The molecule has 1 aliphatic heterocycles. The highest BCUT2D eigenvalue weighted by Gasteiger charge is 2.39. The van der Waals surface area contributed by atoms with Gasteiger partial charge < -0.3 is 14.4 Å². The molecule has 0 radical (unpaired) electrons. The summed E-state index contributed by atoms with van der Waals surface area (Å²) in [5.74, 6) is -1.41. The Morgan fingerprint density at radius 3 is 2.52 bits per heavy atom. The highest BCUT2D eigenvalue weighted by Crippen LogP contribution is 2.33. The van der Waals surface area contributed by atoms with Crippen LogP contribution in [0.5, 0.6) is 0 Å². The van der Waals surface area contributed by atoms with Crippen LogP contribution in [0.25, 0.3) is 11.3 Å². The lowest BCUT2D eigenvalue weighted by Gasteiger charge is -2.40. The predicted octanol–water partition coefficient (Wildman–Crippen LogP) is 4.42. The number of ether oxygens (including phenoxy) is 2. The molecule has 0 amide bonds. The third-order valence-electron chi connectivity index (χ3n) is 4.51. The van der Waals surface area contributed by atoms with Gasteiger partial charge in [-0.15, -0.1) is 10.2 Å². The Morgan fingerprint density at radius 1 is 1.23 bits per heavy atom. The molecule has 7 nitrogen and oxygen atoms in total. The molecule has 1 fully saturated rings. The molecule has 1 saturated heterocycles. The van der Waals surface area contributed by atoms with Crippen LogP contribution in [0.4, 0.5) is 10.2 Å². The van der Waals surface area contributed by atoms with Gasteiger partial charge in [0.1, 0.15) is 23.0 Å². The van der Waals surface area contributed by atoms with E-state index in [1.165, 1.54) is 24.3 Å². The monoisotopic (exact) mass is 449 g/mol. The van der Waals surface area contributed by atoms with Crippen LogP contribution in [0.15, 0.2) is 24.3 Å². The molecule has 1 atom stereocenters. The quantitative estimate of drug-likeness (QED) is 0.625. The van der Waals surface area contributed by atoms with E-state index >= 15 is 0 Å². The molecule has 1 aromatic heterocycles. The van der Waals surface area contributed by atoms with Gasteiger partial charge in [-0.1, -0.05) is 11.6 Å². The first-order valence-corrected chi connectivity index (χ1v) is 10.4. The summed E-state index contributed by atoms with van der Waals surface area (Å²) < 4.78 is 25.2. The van der Waals surface area contributed by atoms with Crippen molar-refractivity contribution in [2.75, 3.05) is 11.4 Å². The molecule has 9 heteroatoms. The predicted molar refractivity (Wildman–Crippen MR) is 115 cm³/mol. The zero-order chi connectivity index (χ0) is 22.9. The molecule has 2 aromatic rings. The second-order valence-corrected chi connectivity index (χ2v) is 9.01. The fourth-order valence-electron chi connectivity index (χ4n) is 3.10. The molecule has 0 aliphatic carbocycles. The van der Waals surface area contributed by atoms with Gasteiger partial charge in [0.15, 0.2) is 5.82 Å². The summed E-state index contributed by atoms with van der Waals surface area (Å²) in [6.07, 6.45) is 0.297. The molecule has 2 heterocycles. The minimum Gasteiger partial charge on any atom is -0.461 e. The van der Waals surface area contributed by atoms with Gasteiger partial charge in [0.05, 0.1) is 11.8 Å². The molecular weight excluding hydrogens is 425 g/mol. The fraction of sp³-hybridized carbons (Fsp3) is 0.455. The van der Waals surface area contributed by atoms with Gasteiger partial charge >= 0.3 is 11.9 Å². The zero-order valence-corrected chi connectivity index (χ0v) is 18.9. The summed E-state index contributed by atoms with van der Waals surface area (Å²) in [7, 11) is 0. The maximum Gasteiger partial charge on any atom is 0.342 e. The van der Waals surface area contributed by atoms with Crippen molar-refractivity contribution in [1.82, 2.24) is 10.2 Å². The first kappa shape index (κ1) is 22.9. The summed E-state index contributed by atoms with van der Waals surface area (Å²) in [5, 5.41) is 8.59. The van der Waals surface area contributed by atoms with Gasteiger partial charge in [0.2, 0.25) is 0 Å². The fourth-order valence-corrected chi connectivity index (χ4v) is 3.27.